The van der Waals surface area contributed by atoms with E-state index in [0.717, 1.165) is 32.3 Å². The Morgan fingerprint density at radius 2 is 2.25 bits per heavy atom. The molecule has 0 amide bonds. The number of nitrogens with two attached hydrogens (primary N) is 1. The molecule has 0 aromatic rings. The molecule has 20 heavy (non-hydrogen) atoms. The van der Waals surface area contributed by atoms with Crippen molar-refractivity contribution in [2.45, 2.75) is 44.8 Å². The largest absolute Gasteiger partial charge is 0.378 e. The van der Waals surface area contributed by atoms with Gasteiger partial charge in [0.15, 0.2) is 0 Å². The predicted octanol–water partition coefficient (Wildman–Crippen LogP) is 0.305. The second-order valence-electron chi connectivity index (χ2n) is 6.28. The van der Waals surface area contributed by atoms with Crippen molar-refractivity contribution >= 4 is 10.0 Å². The summed E-state index contributed by atoms with van der Waals surface area (Å²) in [4.78, 5) is 0. The molecule has 0 aromatic carbocycles. The monoisotopic (exact) mass is 305 g/mol. The lowest BCUT2D eigenvalue weighted by molar-refractivity contribution is 0.114. The van der Waals surface area contributed by atoms with Crippen LogP contribution in [0, 0.1) is 11.8 Å². The first-order valence-electron chi connectivity index (χ1n) is 7.43. The summed E-state index contributed by atoms with van der Waals surface area (Å²) in [6.45, 7) is 4.11. The second-order valence-corrected chi connectivity index (χ2v) is 8.26. The molecule has 4 atom stereocenters. The van der Waals surface area contributed by atoms with Crippen LogP contribution in [-0.4, -0.2) is 50.8 Å². The fraction of sp³-hybridized carbons (Fsp3) is 1.00. The molecule has 2 saturated heterocycles. The Labute approximate surface area is 122 Å². The van der Waals surface area contributed by atoms with Crippen molar-refractivity contribution in [3.63, 3.8) is 0 Å². The first kappa shape index (κ1) is 16.2. The molecule has 0 aliphatic carbocycles. The van der Waals surface area contributed by atoms with Gasteiger partial charge in [-0.1, -0.05) is 0 Å². The normalized spacial score (nSPS) is 34.2. The molecule has 0 spiro atoms. The van der Waals surface area contributed by atoms with Gasteiger partial charge in [-0.15, -0.1) is 0 Å². The van der Waals surface area contributed by atoms with Crippen LogP contribution in [0.5, 0.6) is 0 Å². The number of sulfonamides is 1. The molecule has 0 saturated carbocycles. The summed E-state index contributed by atoms with van der Waals surface area (Å²) in [7, 11) is -3.07. The average molecular weight is 305 g/mol. The lowest BCUT2D eigenvalue weighted by atomic mass is 9.86. The van der Waals surface area contributed by atoms with Crippen molar-refractivity contribution in [1.29, 1.82) is 0 Å². The Morgan fingerprint density at radius 3 is 2.80 bits per heavy atom. The van der Waals surface area contributed by atoms with Crippen LogP contribution in [0.2, 0.25) is 0 Å². The summed E-state index contributed by atoms with van der Waals surface area (Å²) in [5.41, 5.74) is 2.92. The maximum absolute atomic E-state index is 11.7. The van der Waals surface area contributed by atoms with Gasteiger partial charge < -0.3 is 4.74 Å². The standard InChI is InChI=1S/C13H27N3O3S/c1-10-6-12(9-19-10)13(15-14)7-11-4-3-5-16(8-11)20(2,17)18/h10-13,15H,3-9,14H2,1-2H3. The lowest BCUT2D eigenvalue weighted by Crippen LogP contribution is -2.46. The number of hydrogen-bond donors (Lipinski definition) is 2. The number of hydrogen-bond acceptors (Lipinski definition) is 5. The fourth-order valence-electron chi connectivity index (χ4n) is 3.41. The zero-order chi connectivity index (χ0) is 14.8. The van der Waals surface area contributed by atoms with E-state index >= 15 is 0 Å². The Hall–Kier alpha value is -0.210. The van der Waals surface area contributed by atoms with E-state index in [2.05, 4.69) is 12.3 Å². The molecular formula is C13H27N3O3S. The Kier molecular flexibility index (Phi) is 5.42. The average Bonchev–Trinajstić information content (AvgIpc) is 2.82. The summed E-state index contributed by atoms with van der Waals surface area (Å²) >= 11 is 0. The van der Waals surface area contributed by atoms with Crippen molar-refractivity contribution in [2.75, 3.05) is 26.0 Å². The Bertz CT molecular complexity index is 415. The molecule has 2 fully saturated rings. The van der Waals surface area contributed by atoms with Crippen molar-refractivity contribution in [3.8, 4) is 0 Å². The highest BCUT2D eigenvalue weighted by Crippen LogP contribution is 2.29. The van der Waals surface area contributed by atoms with Gasteiger partial charge >= 0.3 is 0 Å². The van der Waals surface area contributed by atoms with E-state index in [-0.39, 0.29) is 6.04 Å². The third-order valence-electron chi connectivity index (χ3n) is 4.55. The molecule has 7 heteroatoms. The molecule has 118 valence electrons. The SMILES string of the molecule is CC1CC(C(CC2CCCN(S(C)(=O)=O)C2)NN)CO1. The summed E-state index contributed by atoms with van der Waals surface area (Å²) in [5.74, 6) is 6.52. The topological polar surface area (TPSA) is 84.7 Å². The van der Waals surface area contributed by atoms with E-state index in [9.17, 15) is 8.42 Å². The number of piperidine rings is 1. The number of rotatable bonds is 5. The summed E-state index contributed by atoms with van der Waals surface area (Å²) in [5, 5.41) is 0. The van der Waals surface area contributed by atoms with Crippen LogP contribution in [-0.2, 0) is 14.8 Å². The van der Waals surface area contributed by atoms with Crippen LogP contribution in [0.1, 0.15) is 32.6 Å². The predicted molar refractivity (Wildman–Crippen MR) is 78.4 cm³/mol. The third kappa shape index (κ3) is 4.14. The van der Waals surface area contributed by atoms with Crippen molar-refractivity contribution in [2.24, 2.45) is 17.7 Å². The van der Waals surface area contributed by atoms with Gasteiger partial charge in [0.1, 0.15) is 0 Å². The Balaban J connectivity index is 1.90. The minimum Gasteiger partial charge on any atom is -0.378 e. The summed E-state index contributed by atoms with van der Waals surface area (Å²) in [6.07, 6.45) is 5.55. The summed E-state index contributed by atoms with van der Waals surface area (Å²) in [6, 6.07) is 0.212. The van der Waals surface area contributed by atoms with E-state index < -0.39 is 10.0 Å². The molecule has 4 unspecified atom stereocenters. The van der Waals surface area contributed by atoms with Crippen LogP contribution in [0.25, 0.3) is 0 Å². The highest BCUT2D eigenvalue weighted by Gasteiger charge is 2.33. The molecular weight excluding hydrogens is 278 g/mol. The van der Waals surface area contributed by atoms with Gasteiger partial charge in [-0.2, -0.15) is 0 Å². The van der Waals surface area contributed by atoms with Gasteiger partial charge in [0.2, 0.25) is 10.0 Å². The number of ether oxygens (including phenoxy) is 1. The molecule has 2 aliphatic heterocycles. The lowest BCUT2D eigenvalue weighted by Gasteiger charge is -2.34. The van der Waals surface area contributed by atoms with E-state index in [1.54, 1.807) is 4.31 Å². The summed E-state index contributed by atoms with van der Waals surface area (Å²) < 4.78 is 30.5. The number of hydrazine groups is 1. The minimum atomic E-state index is -3.07. The number of nitrogens with one attached hydrogen (secondary N) is 1. The third-order valence-corrected chi connectivity index (χ3v) is 5.82. The molecule has 3 N–H and O–H groups in total. The second kappa shape index (κ2) is 6.70. The van der Waals surface area contributed by atoms with Crippen LogP contribution >= 0.6 is 0 Å². The first-order valence-corrected chi connectivity index (χ1v) is 9.28. The van der Waals surface area contributed by atoms with Crippen LogP contribution < -0.4 is 11.3 Å². The number of nitrogens with zero attached hydrogens (tertiary/aromatic N) is 1. The van der Waals surface area contributed by atoms with Crippen molar-refractivity contribution in [1.82, 2.24) is 9.73 Å². The van der Waals surface area contributed by atoms with Gasteiger partial charge in [0, 0.05) is 25.0 Å². The molecule has 6 nitrogen and oxygen atoms in total. The molecule has 0 radical (unpaired) electrons. The zero-order valence-electron chi connectivity index (χ0n) is 12.4. The molecule has 0 bridgehead atoms. The van der Waals surface area contributed by atoms with Gasteiger partial charge in [-0.25, -0.2) is 12.7 Å². The van der Waals surface area contributed by atoms with Gasteiger partial charge in [-0.05, 0) is 38.5 Å². The maximum Gasteiger partial charge on any atom is 0.211 e. The zero-order valence-corrected chi connectivity index (χ0v) is 13.2. The first-order chi connectivity index (χ1) is 9.40. The quantitative estimate of drug-likeness (QED) is 0.564. The molecule has 2 heterocycles. The van der Waals surface area contributed by atoms with E-state index in [1.807, 2.05) is 0 Å². The highest BCUT2D eigenvalue weighted by molar-refractivity contribution is 7.88. The molecule has 2 rings (SSSR count). The molecule has 2 aliphatic rings. The highest BCUT2D eigenvalue weighted by atomic mass is 32.2. The van der Waals surface area contributed by atoms with Crippen LogP contribution in [0.15, 0.2) is 0 Å². The van der Waals surface area contributed by atoms with E-state index in [1.165, 1.54) is 6.26 Å². The van der Waals surface area contributed by atoms with E-state index in [0.29, 0.717) is 31.0 Å². The maximum atomic E-state index is 11.7. The van der Waals surface area contributed by atoms with E-state index in [4.69, 9.17) is 10.6 Å². The fourth-order valence-corrected chi connectivity index (χ4v) is 4.35. The van der Waals surface area contributed by atoms with Crippen LogP contribution in [0.4, 0.5) is 0 Å². The minimum absolute atomic E-state index is 0.212. The van der Waals surface area contributed by atoms with Gasteiger partial charge in [-0.3, -0.25) is 11.3 Å². The Morgan fingerprint density at radius 1 is 1.50 bits per heavy atom. The smallest absolute Gasteiger partial charge is 0.211 e. The van der Waals surface area contributed by atoms with Crippen LogP contribution in [0.3, 0.4) is 0 Å². The van der Waals surface area contributed by atoms with Gasteiger partial charge in [0.25, 0.3) is 0 Å². The van der Waals surface area contributed by atoms with Gasteiger partial charge in [0.05, 0.1) is 19.0 Å². The van der Waals surface area contributed by atoms with Crippen molar-refractivity contribution in [3.05, 3.63) is 0 Å². The van der Waals surface area contributed by atoms with Crippen molar-refractivity contribution < 1.29 is 13.2 Å². The molecule has 0 aromatic heterocycles.